The Morgan fingerprint density at radius 1 is 1.00 bits per heavy atom. The topological polar surface area (TPSA) is 18.5 Å². The number of alkyl halides is 1. The zero-order chi connectivity index (χ0) is 15.1. The highest BCUT2D eigenvalue weighted by atomic mass is 79.9. The standard InChI is InChI=1S/C16H24BrClO2/c1-5-11(6-2)16(17)12-9-14(19-7-3)15(20-8-4)10-13(12)18/h9-11,16H,5-8H2,1-4H3. The number of halogens is 2. The summed E-state index contributed by atoms with van der Waals surface area (Å²) in [6, 6.07) is 3.87. The first-order valence-electron chi connectivity index (χ1n) is 7.31. The van der Waals surface area contributed by atoms with Gasteiger partial charge in [0.15, 0.2) is 11.5 Å². The molecule has 2 nitrogen and oxygen atoms in total. The molecule has 0 N–H and O–H groups in total. The quantitative estimate of drug-likeness (QED) is 0.526. The van der Waals surface area contributed by atoms with Crippen LogP contribution in [-0.2, 0) is 0 Å². The number of hydrogen-bond donors (Lipinski definition) is 0. The van der Waals surface area contributed by atoms with Crippen molar-refractivity contribution in [3.8, 4) is 11.5 Å². The molecule has 20 heavy (non-hydrogen) atoms. The van der Waals surface area contributed by atoms with E-state index < -0.39 is 0 Å². The molecule has 0 aliphatic heterocycles. The van der Waals surface area contributed by atoms with Crippen LogP contribution < -0.4 is 9.47 Å². The van der Waals surface area contributed by atoms with Crippen molar-refractivity contribution in [2.75, 3.05) is 13.2 Å². The Morgan fingerprint density at radius 3 is 1.95 bits per heavy atom. The van der Waals surface area contributed by atoms with Gasteiger partial charge in [-0.25, -0.2) is 0 Å². The summed E-state index contributed by atoms with van der Waals surface area (Å²) in [5.41, 5.74) is 1.08. The Morgan fingerprint density at radius 2 is 1.50 bits per heavy atom. The molecule has 0 spiro atoms. The van der Waals surface area contributed by atoms with Crippen LogP contribution in [0.5, 0.6) is 11.5 Å². The Balaban J connectivity index is 3.16. The predicted octanol–water partition coefficient (Wildman–Crippen LogP) is 6.01. The van der Waals surface area contributed by atoms with Crippen molar-refractivity contribution in [1.29, 1.82) is 0 Å². The molecule has 0 aromatic heterocycles. The van der Waals surface area contributed by atoms with Crippen LogP contribution in [0, 0.1) is 5.92 Å². The van der Waals surface area contributed by atoms with Gasteiger partial charge in [0, 0.05) is 15.9 Å². The van der Waals surface area contributed by atoms with Gasteiger partial charge < -0.3 is 9.47 Å². The van der Waals surface area contributed by atoms with Crippen LogP contribution in [0.25, 0.3) is 0 Å². The summed E-state index contributed by atoms with van der Waals surface area (Å²) in [5, 5.41) is 0.727. The molecule has 1 aromatic rings. The zero-order valence-corrected chi connectivity index (χ0v) is 15.1. The highest BCUT2D eigenvalue weighted by Gasteiger charge is 2.22. The van der Waals surface area contributed by atoms with Gasteiger partial charge in [-0.05, 0) is 31.4 Å². The molecule has 0 amide bonds. The van der Waals surface area contributed by atoms with Gasteiger partial charge in [0.1, 0.15) is 0 Å². The first-order chi connectivity index (χ1) is 9.58. The molecule has 1 aromatic carbocycles. The van der Waals surface area contributed by atoms with E-state index in [9.17, 15) is 0 Å². The van der Waals surface area contributed by atoms with Crippen molar-refractivity contribution in [3.63, 3.8) is 0 Å². The van der Waals surface area contributed by atoms with Crippen molar-refractivity contribution >= 4 is 27.5 Å². The maximum atomic E-state index is 6.42. The molecule has 0 aliphatic carbocycles. The van der Waals surface area contributed by atoms with E-state index in [-0.39, 0.29) is 4.83 Å². The van der Waals surface area contributed by atoms with Crippen LogP contribution in [0.3, 0.4) is 0 Å². The Bertz CT molecular complexity index is 419. The average Bonchev–Trinajstić information content (AvgIpc) is 2.43. The molecule has 0 heterocycles. The SMILES string of the molecule is CCOc1cc(Cl)c(C(Br)C(CC)CC)cc1OCC. The highest BCUT2D eigenvalue weighted by molar-refractivity contribution is 9.09. The van der Waals surface area contributed by atoms with Gasteiger partial charge >= 0.3 is 0 Å². The van der Waals surface area contributed by atoms with Crippen molar-refractivity contribution in [2.45, 2.75) is 45.4 Å². The van der Waals surface area contributed by atoms with Gasteiger partial charge in [-0.15, -0.1) is 0 Å². The lowest BCUT2D eigenvalue weighted by Crippen LogP contribution is -2.07. The molecule has 114 valence electrons. The van der Waals surface area contributed by atoms with E-state index in [1.54, 1.807) is 0 Å². The van der Waals surface area contributed by atoms with Gasteiger partial charge in [0.25, 0.3) is 0 Å². The summed E-state index contributed by atoms with van der Waals surface area (Å²) in [4.78, 5) is 0.236. The molecule has 0 radical (unpaired) electrons. The maximum absolute atomic E-state index is 6.42. The molecule has 0 saturated carbocycles. The van der Waals surface area contributed by atoms with Crippen molar-refractivity contribution in [2.24, 2.45) is 5.92 Å². The highest BCUT2D eigenvalue weighted by Crippen LogP contribution is 2.43. The Hall–Kier alpha value is -0.410. The zero-order valence-electron chi connectivity index (χ0n) is 12.7. The second kappa shape index (κ2) is 8.78. The monoisotopic (exact) mass is 362 g/mol. The van der Waals surface area contributed by atoms with Crippen molar-refractivity contribution in [1.82, 2.24) is 0 Å². The van der Waals surface area contributed by atoms with Crippen LogP contribution in [-0.4, -0.2) is 13.2 Å². The van der Waals surface area contributed by atoms with Crippen LogP contribution in [0.1, 0.15) is 50.9 Å². The fourth-order valence-corrected chi connectivity index (χ4v) is 3.78. The van der Waals surface area contributed by atoms with Gasteiger partial charge in [-0.3, -0.25) is 0 Å². The second-order valence-corrected chi connectivity index (χ2v) is 6.06. The van der Waals surface area contributed by atoms with Gasteiger partial charge in [0.05, 0.1) is 13.2 Å². The third kappa shape index (κ3) is 4.29. The average molecular weight is 364 g/mol. The Kier molecular flexibility index (Phi) is 7.75. The third-order valence-corrected chi connectivity index (χ3v) is 4.99. The summed E-state index contributed by atoms with van der Waals surface area (Å²) in [5.74, 6) is 2.04. The van der Waals surface area contributed by atoms with Crippen molar-refractivity contribution < 1.29 is 9.47 Å². The molecule has 0 saturated heterocycles. The normalized spacial score (nSPS) is 12.6. The molecular weight excluding hydrogens is 340 g/mol. The molecule has 1 atom stereocenters. The van der Waals surface area contributed by atoms with E-state index in [1.807, 2.05) is 26.0 Å². The molecule has 0 bridgehead atoms. The summed E-state index contributed by atoms with van der Waals surface area (Å²) in [6.45, 7) is 9.54. The fourth-order valence-electron chi connectivity index (χ4n) is 2.26. The van der Waals surface area contributed by atoms with E-state index in [0.717, 1.165) is 29.2 Å². The minimum Gasteiger partial charge on any atom is -0.490 e. The molecule has 0 fully saturated rings. The first-order valence-corrected chi connectivity index (χ1v) is 8.61. The van der Waals surface area contributed by atoms with E-state index in [0.29, 0.717) is 24.9 Å². The molecule has 1 rings (SSSR count). The molecule has 1 unspecified atom stereocenters. The van der Waals surface area contributed by atoms with E-state index in [2.05, 4.69) is 29.8 Å². The predicted molar refractivity (Wildman–Crippen MR) is 89.5 cm³/mol. The molecule has 0 aliphatic rings. The summed E-state index contributed by atoms with van der Waals surface area (Å²) in [6.07, 6.45) is 2.22. The lowest BCUT2D eigenvalue weighted by Gasteiger charge is -2.22. The fraction of sp³-hybridized carbons (Fsp3) is 0.625. The molecule has 4 heteroatoms. The third-order valence-electron chi connectivity index (χ3n) is 3.42. The minimum atomic E-state index is 0.236. The van der Waals surface area contributed by atoms with Gasteiger partial charge in [-0.1, -0.05) is 54.2 Å². The van der Waals surface area contributed by atoms with Crippen molar-refractivity contribution in [3.05, 3.63) is 22.7 Å². The lowest BCUT2D eigenvalue weighted by atomic mass is 9.94. The maximum Gasteiger partial charge on any atom is 0.162 e. The van der Waals surface area contributed by atoms with Crippen LogP contribution in [0.4, 0.5) is 0 Å². The summed E-state index contributed by atoms with van der Waals surface area (Å²) >= 11 is 10.2. The van der Waals surface area contributed by atoms with Crippen LogP contribution >= 0.6 is 27.5 Å². The number of ether oxygens (including phenoxy) is 2. The van der Waals surface area contributed by atoms with Gasteiger partial charge in [0.2, 0.25) is 0 Å². The summed E-state index contributed by atoms with van der Waals surface area (Å²) in [7, 11) is 0. The van der Waals surface area contributed by atoms with E-state index in [1.165, 1.54) is 0 Å². The Labute approximate surface area is 135 Å². The van der Waals surface area contributed by atoms with E-state index in [4.69, 9.17) is 21.1 Å². The second-order valence-electron chi connectivity index (χ2n) is 4.66. The van der Waals surface area contributed by atoms with E-state index >= 15 is 0 Å². The number of hydrogen-bond acceptors (Lipinski definition) is 2. The summed E-state index contributed by atoms with van der Waals surface area (Å²) < 4.78 is 11.3. The number of rotatable bonds is 8. The largest absolute Gasteiger partial charge is 0.490 e. The van der Waals surface area contributed by atoms with Gasteiger partial charge in [-0.2, -0.15) is 0 Å². The van der Waals surface area contributed by atoms with Crippen LogP contribution in [0.2, 0.25) is 5.02 Å². The molecular formula is C16H24BrClO2. The smallest absolute Gasteiger partial charge is 0.162 e. The van der Waals surface area contributed by atoms with Crippen LogP contribution in [0.15, 0.2) is 12.1 Å². The lowest BCUT2D eigenvalue weighted by molar-refractivity contribution is 0.287. The first kappa shape index (κ1) is 17.6. The number of benzene rings is 1. The minimum absolute atomic E-state index is 0.236.